The van der Waals surface area contributed by atoms with Crippen LogP contribution in [0.3, 0.4) is 0 Å². The molecule has 2 fully saturated rings. The highest BCUT2D eigenvalue weighted by atomic mass is 19.1. The first-order chi connectivity index (χ1) is 15.6. The summed E-state index contributed by atoms with van der Waals surface area (Å²) in [7, 11) is 1.60. The molecule has 0 aliphatic carbocycles. The second-order valence-corrected chi connectivity index (χ2v) is 9.01. The van der Waals surface area contributed by atoms with E-state index in [2.05, 4.69) is 4.90 Å². The molecule has 1 unspecified atom stereocenters. The Bertz CT molecular complexity index is 1130. The van der Waals surface area contributed by atoms with Gasteiger partial charge in [0, 0.05) is 30.6 Å². The monoisotopic (exact) mass is 436 g/mol. The number of ether oxygens (including phenoxy) is 1. The molecule has 1 aromatic heterocycles. The smallest absolute Gasteiger partial charge is 0.289 e. The van der Waals surface area contributed by atoms with Gasteiger partial charge in [-0.3, -0.25) is 9.69 Å². The fourth-order valence-corrected chi connectivity index (χ4v) is 5.50. The third kappa shape index (κ3) is 3.88. The number of carbonyl (C=O) groups is 1. The van der Waals surface area contributed by atoms with Crippen molar-refractivity contribution in [2.75, 3.05) is 26.7 Å². The first kappa shape index (κ1) is 21.0. The van der Waals surface area contributed by atoms with E-state index in [1.165, 1.54) is 6.07 Å². The van der Waals surface area contributed by atoms with Crippen LogP contribution < -0.4 is 4.74 Å². The molecule has 32 heavy (non-hydrogen) atoms. The maximum Gasteiger partial charge on any atom is 0.289 e. The predicted octanol–water partition coefficient (Wildman–Crippen LogP) is 5.24. The number of fused-ring (bicyclic) bond motifs is 1. The van der Waals surface area contributed by atoms with Crippen molar-refractivity contribution < 1.29 is 18.3 Å². The van der Waals surface area contributed by atoms with E-state index in [0.29, 0.717) is 23.6 Å². The minimum absolute atomic E-state index is 0.0602. The van der Waals surface area contributed by atoms with E-state index in [1.807, 2.05) is 35.2 Å². The molecule has 0 saturated carbocycles. The highest BCUT2D eigenvalue weighted by Gasteiger charge is 2.42. The largest absolute Gasteiger partial charge is 0.493 e. The predicted molar refractivity (Wildman–Crippen MR) is 121 cm³/mol. The average molecular weight is 437 g/mol. The van der Waals surface area contributed by atoms with Crippen molar-refractivity contribution >= 4 is 16.9 Å². The topological polar surface area (TPSA) is 45.9 Å². The van der Waals surface area contributed by atoms with Crippen molar-refractivity contribution in [1.82, 2.24) is 9.80 Å². The molecule has 5 rings (SSSR count). The Labute approximate surface area is 187 Å². The molecule has 168 valence electrons. The number of para-hydroxylation sites is 1. The Hall–Kier alpha value is -2.86. The Morgan fingerprint density at radius 1 is 1.06 bits per heavy atom. The van der Waals surface area contributed by atoms with Crippen LogP contribution in [0.2, 0.25) is 0 Å². The lowest BCUT2D eigenvalue weighted by Crippen LogP contribution is -2.44. The zero-order chi connectivity index (χ0) is 22.1. The van der Waals surface area contributed by atoms with Gasteiger partial charge in [0.25, 0.3) is 5.91 Å². The maximum atomic E-state index is 13.7. The summed E-state index contributed by atoms with van der Waals surface area (Å²) in [6, 6.07) is 14.4. The van der Waals surface area contributed by atoms with Gasteiger partial charge in [-0.25, -0.2) is 4.39 Å². The van der Waals surface area contributed by atoms with Crippen LogP contribution in [0.4, 0.5) is 4.39 Å². The number of hydrogen-bond donors (Lipinski definition) is 0. The van der Waals surface area contributed by atoms with Crippen LogP contribution >= 0.6 is 0 Å². The van der Waals surface area contributed by atoms with E-state index >= 15 is 0 Å². The highest BCUT2D eigenvalue weighted by molar-refractivity contribution is 5.97. The lowest BCUT2D eigenvalue weighted by molar-refractivity contribution is 0.0709. The molecule has 2 saturated heterocycles. The van der Waals surface area contributed by atoms with E-state index in [1.54, 1.807) is 19.2 Å². The van der Waals surface area contributed by atoms with Gasteiger partial charge < -0.3 is 14.1 Å². The van der Waals surface area contributed by atoms with Crippen LogP contribution in [0.5, 0.6) is 5.75 Å². The molecule has 1 atom stereocenters. The molecule has 0 N–H and O–H groups in total. The Kier molecular flexibility index (Phi) is 5.64. The van der Waals surface area contributed by atoms with Crippen LogP contribution in [0.15, 0.2) is 52.9 Å². The van der Waals surface area contributed by atoms with E-state index in [4.69, 9.17) is 9.15 Å². The average Bonchev–Trinajstić information content (AvgIpc) is 3.33. The third-order valence-corrected chi connectivity index (χ3v) is 7.15. The molecule has 5 nitrogen and oxygen atoms in total. The van der Waals surface area contributed by atoms with Crippen LogP contribution in [0.1, 0.15) is 48.2 Å². The lowest BCUT2D eigenvalue weighted by atomic mass is 9.87. The maximum absolute atomic E-state index is 13.7. The van der Waals surface area contributed by atoms with Crippen molar-refractivity contribution in [3.8, 4) is 5.75 Å². The Balaban J connectivity index is 1.32. The Morgan fingerprint density at radius 2 is 1.88 bits per heavy atom. The molecule has 0 radical (unpaired) electrons. The molecule has 2 aliphatic heterocycles. The van der Waals surface area contributed by atoms with Crippen molar-refractivity contribution in [2.24, 2.45) is 0 Å². The number of methoxy groups -OCH3 is 1. The van der Waals surface area contributed by atoms with Crippen LogP contribution in [0.25, 0.3) is 11.0 Å². The van der Waals surface area contributed by atoms with Gasteiger partial charge in [0.05, 0.1) is 7.11 Å². The van der Waals surface area contributed by atoms with Gasteiger partial charge in [-0.2, -0.15) is 0 Å². The lowest BCUT2D eigenvalue weighted by Gasteiger charge is -2.38. The molecule has 6 heteroatoms. The number of furan rings is 1. The first-order valence-electron chi connectivity index (χ1n) is 11.4. The zero-order valence-corrected chi connectivity index (χ0v) is 18.5. The van der Waals surface area contributed by atoms with E-state index < -0.39 is 0 Å². The SMILES string of the molecule is COc1cccc2cc(C(=O)N3CCCC4(CCCN4Cc4cccc(F)c4)CC3)oc12. The highest BCUT2D eigenvalue weighted by Crippen LogP contribution is 2.40. The molecule has 1 spiro atoms. The van der Waals surface area contributed by atoms with Gasteiger partial charge in [-0.15, -0.1) is 0 Å². The fourth-order valence-electron chi connectivity index (χ4n) is 5.50. The number of likely N-dealkylation sites (tertiary alicyclic amines) is 2. The third-order valence-electron chi connectivity index (χ3n) is 7.15. The quantitative estimate of drug-likeness (QED) is 0.561. The van der Waals surface area contributed by atoms with Gasteiger partial charge in [-0.05, 0) is 68.5 Å². The van der Waals surface area contributed by atoms with Gasteiger partial charge in [0.15, 0.2) is 17.1 Å². The molecular weight excluding hydrogens is 407 g/mol. The summed E-state index contributed by atoms with van der Waals surface area (Å²) < 4.78 is 25.0. The summed E-state index contributed by atoms with van der Waals surface area (Å²) in [5.41, 5.74) is 1.71. The normalized spacial score (nSPS) is 21.9. The van der Waals surface area contributed by atoms with Crippen LogP contribution in [-0.2, 0) is 6.54 Å². The summed E-state index contributed by atoms with van der Waals surface area (Å²) in [6.45, 7) is 3.21. The van der Waals surface area contributed by atoms with E-state index in [-0.39, 0.29) is 17.3 Å². The fraction of sp³-hybridized carbons (Fsp3) is 0.423. The summed E-state index contributed by atoms with van der Waals surface area (Å²) in [5.74, 6) is 0.754. The number of rotatable bonds is 4. The number of benzene rings is 2. The number of carbonyl (C=O) groups excluding carboxylic acids is 1. The van der Waals surface area contributed by atoms with Gasteiger partial charge >= 0.3 is 0 Å². The molecule has 3 aromatic rings. The molecule has 0 bridgehead atoms. The summed E-state index contributed by atoms with van der Waals surface area (Å²) >= 11 is 0. The van der Waals surface area contributed by atoms with Crippen molar-refractivity contribution in [3.63, 3.8) is 0 Å². The molecular formula is C26H29FN2O3. The Morgan fingerprint density at radius 3 is 2.69 bits per heavy atom. The van der Waals surface area contributed by atoms with Gasteiger partial charge in [0.2, 0.25) is 0 Å². The molecule has 2 aliphatic rings. The molecule has 2 aromatic carbocycles. The minimum Gasteiger partial charge on any atom is -0.493 e. The zero-order valence-electron chi connectivity index (χ0n) is 18.5. The molecule has 1 amide bonds. The molecule has 3 heterocycles. The summed E-state index contributed by atoms with van der Waals surface area (Å²) in [5, 5.41) is 0.871. The van der Waals surface area contributed by atoms with Crippen molar-refractivity contribution in [1.29, 1.82) is 0 Å². The second kappa shape index (κ2) is 8.58. The van der Waals surface area contributed by atoms with E-state index in [0.717, 1.165) is 62.7 Å². The minimum atomic E-state index is -0.184. The van der Waals surface area contributed by atoms with E-state index in [9.17, 15) is 9.18 Å². The standard InChI is InChI=1S/C26H29FN2O3/c1-31-22-9-3-7-20-17-23(32-24(20)22)25(30)28-13-4-10-26(12-15-28)11-5-14-29(26)18-19-6-2-8-21(27)16-19/h2-3,6-9,16-17H,4-5,10-15,18H2,1H3. The number of hydrogen-bond acceptors (Lipinski definition) is 4. The number of halogens is 1. The van der Waals surface area contributed by atoms with Gasteiger partial charge in [0.1, 0.15) is 5.82 Å². The van der Waals surface area contributed by atoms with Crippen LogP contribution in [-0.4, -0.2) is 48.0 Å². The summed E-state index contributed by atoms with van der Waals surface area (Å²) in [6.07, 6.45) is 5.21. The first-order valence-corrected chi connectivity index (χ1v) is 11.4. The number of nitrogens with zero attached hydrogens (tertiary/aromatic N) is 2. The number of amides is 1. The second-order valence-electron chi connectivity index (χ2n) is 9.01. The van der Waals surface area contributed by atoms with Gasteiger partial charge in [-0.1, -0.05) is 24.3 Å². The van der Waals surface area contributed by atoms with Crippen LogP contribution in [0, 0.1) is 5.82 Å². The van der Waals surface area contributed by atoms with Crippen molar-refractivity contribution in [3.05, 3.63) is 65.7 Å². The van der Waals surface area contributed by atoms with Crippen molar-refractivity contribution in [2.45, 2.75) is 44.2 Å². The summed E-state index contributed by atoms with van der Waals surface area (Å²) in [4.78, 5) is 17.7.